The molecule has 1 saturated carbocycles. The number of ether oxygens (including phenoxy) is 1. The molecule has 2 rings (SSSR count). The van der Waals surface area contributed by atoms with Gasteiger partial charge in [-0.15, -0.1) is 0 Å². The highest BCUT2D eigenvalue weighted by Crippen LogP contribution is 2.48. The maximum Gasteiger partial charge on any atom is 0.240 e. The van der Waals surface area contributed by atoms with Crippen LogP contribution >= 0.6 is 0 Å². The molecule has 6 heteroatoms. The molecule has 1 aromatic carbocycles. The smallest absolute Gasteiger partial charge is 0.240 e. The fourth-order valence-electron chi connectivity index (χ4n) is 2.15. The zero-order valence-corrected chi connectivity index (χ0v) is 13.3. The van der Waals surface area contributed by atoms with Crippen LogP contribution in [0.25, 0.3) is 0 Å². The molecule has 1 aliphatic carbocycles. The van der Waals surface area contributed by atoms with Crippen LogP contribution in [0.2, 0.25) is 0 Å². The van der Waals surface area contributed by atoms with Gasteiger partial charge >= 0.3 is 0 Å². The van der Waals surface area contributed by atoms with Crippen LogP contribution in [0, 0.1) is 5.41 Å². The number of hydrogen-bond donors (Lipinski definition) is 2. The Hall–Kier alpha value is -1.11. The average Bonchev–Trinajstić information content (AvgIpc) is 3.27. The third-order valence-electron chi connectivity index (χ3n) is 4.10. The fraction of sp³-hybridized carbons (Fsp3) is 0.600. The average molecular weight is 312 g/mol. The first-order valence-corrected chi connectivity index (χ1v) is 8.92. The topological polar surface area (TPSA) is 81.4 Å². The molecule has 0 bridgehead atoms. The van der Waals surface area contributed by atoms with E-state index in [0.29, 0.717) is 25.4 Å². The molecule has 0 amide bonds. The van der Waals surface area contributed by atoms with E-state index in [4.69, 9.17) is 10.5 Å². The van der Waals surface area contributed by atoms with E-state index in [1.807, 2.05) is 0 Å². The largest absolute Gasteiger partial charge is 0.494 e. The second kappa shape index (κ2) is 6.77. The van der Waals surface area contributed by atoms with Crippen molar-refractivity contribution in [3.63, 3.8) is 0 Å². The predicted molar refractivity (Wildman–Crippen MR) is 82.8 cm³/mol. The van der Waals surface area contributed by atoms with Crippen molar-refractivity contribution in [1.82, 2.24) is 4.72 Å². The Labute approximate surface area is 126 Å². The molecule has 1 aliphatic rings. The van der Waals surface area contributed by atoms with Crippen molar-refractivity contribution in [2.75, 3.05) is 19.7 Å². The molecule has 0 spiro atoms. The van der Waals surface area contributed by atoms with E-state index in [1.165, 1.54) is 0 Å². The van der Waals surface area contributed by atoms with Crippen LogP contribution in [-0.4, -0.2) is 28.1 Å². The number of sulfonamides is 1. The summed E-state index contributed by atoms with van der Waals surface area (Å²) in [5, 5.41) is 0. The summed E-state index contributed by atoms with van der Waals surface area (Å²) in [4.78, 5) is 0.278. The maximum absolute atomic E-state index is 12.2. The van der Waals surface area contributed by atoms with Gasteiger partial charge < -0.3 is 10.5 Å². The van der Waals surface area contributed by atoms with Crippen molar-refractivity contribution in [3.8, 4) is 5.75 Å². The Kier molecular flexibility index (Phi) is 5.24. The van der Waals surface area contributed by atoms with E-state index < -0.39 is 10.0 Å². The van der Waals surface area contributed by atoms with Crippen molar-refractivity contribution in [2.45, 2.75) is 37.5 Å². The quantitative estimate of drug-likeness (QED) is 0.682. The van der Waals surface area contributed by atoms with Crippen molar-refractivity contribution < 1.29 is 13.2 Å². The van der Waals surface area contributed by atoms with Crippen LogP contribution in [0.3, 0.4) is 0 Å². The lowest BCUT2D eigenvalue weighted by atomic mass is 10.1. The SMILES string of the molecule is CCC1(CNS(=O)(=O)c2ccc(OCCCN)cc2)CC1. The summed E-state index contributed by atoms with van der Waals surface area (Å²) in [7, 11) is -3.43. The van der Waals surface area contributed by atoms with Crippen LogP contribution < -0.4 is 15.2 Å². The van der Waals surface area contributed by atoms with E-state index in [1.54, 1.807) is 24.3 Å². The van der Waals surface area contributed by atoms with Gasteiger partial charge in [-0.1, -0.05) is 6.92 Å². The molecule has 0 saturated heterocycles. The molecular formula is C15H24N2O3S. The number of hydrogen-bond acceptors (Lipinski definition) is 4. The van der Waals surface area contributed by atoms with Gasteiger partial charge in [-0.2, -0.15) is 0 Å². The summed E-state index contributed by atoms with van der Waals surface area (Å²) in [6.07, 6.45) is 4.02. The standard InChI is InChI=1S/C15H24N2O3S/c1-2-15(8-9-15)12-17-21(18,19)14-6-4-13(5-7-14)20-11-3-10-16/h4-7,17H,2-3,8-12,16H2,1H3. The number of rotatable bonds is 9. The normalized spacial score (nSPS) is 16.7. The van der Waals surface area contributed by atoms with Crippen molar-refractivity contribution in [1.29, 1.82) is 0 Å². The lowest BCUT2D eigenvalue weighted by Crippen LogP contribution is -2.30. The van der Waals surface area contributed by atoms with Gasteiger partial charge in [-0.05, 0) is 61.9 Å². The van der Waals surface area contributed by atoms with Crippen LogP contribution in [0.4, 0.5) is 0 Å². The van der Waals surface area contributed by atoms with Gasteiger partial charge in [0.25, 0.3) is 0 Å². The minimum Gasteiger partial charge on any atom is -0.494 e. The lowest BCUT2D eigenvalue weighted by Gasteiger charge is -2.14. The minimum absolute atomic E-state index is 0.193. The Balaban J connectivity index is 1.93. The number of nitrogens with one attached hydrogen (secondary N) is 1. The summed E-state index contributed by atoms with van der Waals surface area (Å²) < 4.78 is 32.6. The third-order valence-corrected chi connectivity index (χ3v) is 5.51. The molecule has 0 heterocycles. The van der Waals surface area contributed by atoms with E-state index in [0.717, 1.165) is 25.7 Å². The van der Waals surface area contributed by atoms with E-state index in [9.17, 15) is 8.42 Å². The summed E-state index contributed by atoms with van der Waals surface area (Å²) in [5.41, 5.74) is 5.58. The molecule has 0 unspecified atom stereocenters. The zero-order chi connectivity index (χ0) is 15.3. The van der Waals surface area contributed by atoms with Gasteiger partial charge in [0.2, 0.25) is 10.0 Å². The first-order chi connectivity index (χ1) is 10.0. The van der Waals surface area contributed by atoms with Crippen molar-refractivity contribution >= 4 is 10.0 Å². The molecule has 0 radical (unpaired) electrons. The second-order valence-corrected chi connectivity index (χ2v) is 7.41. The van der Waals surface area contributed by atoms with Crippen molar-refractivity contribution in [2.24, 2.45) is 11.1 Å². The summed E-state index contributed by atoms with van der Waals surface area (Å²) in [6.45, 7) is 3.75. The minimum atomic E-state index is -3.43. The summed E-state index contributed by atoms with van der Waals surface area (Å²) in [5.74, 6) is 0.662. The monoisotopic (exact) mass is 312 g/mol. The van der Waals surface area contributed by atoms with Crippen LogP contribution in [0.5, 0.6) is 5.75 Å². The molecule has 0 aliphatic heterocycles. The fourth-order valence-corrected chi connectivity index (χ4v) is 3.31. The molecule has 5 nitrogen and oxygen atoms in total. The van der Waals surface area contributed by atoms with Crippen molar-refractivity contribution in [3.05, 3.63) is 24.3 Å². The lowest BCUT2D eigenvalue weighted by molar-refractivity contribution is 0.313. The van der Waals surface area contributed by atoms with E-state index in [-0.39, 0.29) is 10.3 Å². The van der Waals surface area contributed by atoms with Gasteiger partial charge in [-0.3, -0.25) is 0 Å². The molecule has 0 aromatic heterocycles. The number of nitrogens with two attached hydrogens (primary N) is 1. The highest BCUT2D eigenvalue weighted by molar-refractivity contribution is 7.89. The van der Waals surface area contributed by atoms with E-state index in [2.05, 4.69) is 11.6 Å². The summed E-state index contributed by atoms with van der Waals surface area (Å²) >= 11 is 0. The molecule has 0 atom stereocenters. The molecular weight excluding hydrogens is 288 g/mol. The molecule has 1 fully saturated rings. The summed E-state index contributed by atoms with van der Waals surface area (Å²) in [6, 6.07) is 6.51. The van der Waals surface area contributed by atoms with Gasteiger partial charge in [0.15, 0.2) is 0 Å². The van der Waals surface area contributed by atoms with Crippen LogP contribution in [0.1, 0.15) is 32.6 Å². The number of benzene rings is 1. The maximum atomic E-state index is 12.2. The van der Waals surface area contributed by atoms with Gasteiger partial charge in [0.1, 0.15) is 5.75 Å². The zero-order valence-electron chi connectivity index (χ0n) is 12.5. The first-order valence-electron chi connectivity index (χ1n) is 7.44. The van der Waals surface area contributed by atoms with Gasteiger partial charge in [0, 0.05) is 6.54 Å². The Morgan fingerprint density at radius 2 is 1.95 bits per heavy atom. The highest BCUT2D eigenvalue weighted by atomic mass is 32.2. The third kappa shape index (κ3) is 4.43. The van der Waals surface area contributed by atoms with Crippen LogP contribution in [-0.2, 0) is 10.0 Å². The predicted octanol–water partition coefficient (Wildman–Crippen LogP) is 1.88. The van der Waals surface area contributed by atoms with Gasteiger partial charge in [0.05, 0.1) is 11.5 Å². The van der Waals surface area contributed by atoms with E-state index >= 15 is 0 Å². The highest BCUT2D eigenvalue weighted by Gasteiger charge is 2.41. The second-order valence-electron chi connectivity index (χ2n) is 5.64. The molecule has 3 N–H and O–H groups in total. The first kappa shape index (κ1) is 16.3. The van der Waals surface area contributed by atoms with Gasteiger partial charge in [-0.25, -0.2) is 13.1 Å². The molecule has 21 heavy (non-hydrogen) atoms. The Morgan fingerprint density at radius 1 is 1.29 bits per heavy atom. The Morgan fingerprint density at radius 3 is 2.48 bits per heavy atom. The molecule has 118 valence electrons. The molecule has 1 aromatic rings. The van der Waals surface area contributed by atoms with Crippen LogP contribution in [0.15, 0.2) is 29.2 Å². The Bertz CT molecular complexity index is 551.